The third kappa shape index (κ3) is 4.69. The molecule has 1 amide bonds. The van der Waals surface area contributed by atoms with E-state index < -0.39 is 0 Å². The second-order valence-corrected chi connectivity index (χ2v) is 7.47. The van der Waals surface area contributed by atoms with Gasteiger partial charge in [-0.25, -0.2) is 0 Å². The third-order valence-corrected chi connectivity index (χ3v) is 5.39. The van der Waals surface area contributed by atoms with Gasteiger partial charge in [-0.15, -0.1) is 0 Å². The first kappa shape index (κ1) is 19.3. The fourth-order valence-electron chi connectivity index (χ4n) is 3.96. The Kier molecular flexibility index (Phi) is 5.97. The van der Waals surface area contributed by atoms with Crippen LogP contribution in [-0.2, 0) is 11.2 Å². The first-order valence-corrected chi connectivity index (χ1v) is 10.1. The lowest BCUT2D eigenvalue weighted by atomic mass is 10.0. The third-order valence-electron chi connectivity index (χ3n) is 5.39. The van der Waals surface area contributed by atoms with E-state index >= 15 is 0 Å². The van der Waals surface area contributed by atoms with E-state index in [4.69, 9.17) is 14.7 Å². The summed E-state index contributed by atoms with van der Waals surface area (Å²) in [5.74, 6) is 1.57. The molecule has 0 saturated carbocycles. The van der Waals surface area contributed by atoms with Gasteiger partial charge in [0.15, 0.2) is 11.5 Å². The smallest absolute Gasteiger partial charge is 0.238 e. The first-order valence-electron chi connectivity index (χ1n) is 10.1. The van der Waals surface area contributed by atoms with Gasteiger partial charge in [-0.3, -0.25) is 9.69 Å². The normalized spacial score (nSPS) is 18.7. The molecule has 6 heteroatoms. The number of ether oxygens (including phenoxy) is 2. The Balaban J connectivity index is 1.40. The minimum Gasteiger partial charge on any atom is -0.490 e. The molecular weight excluding hydrogens is 366 g/mol. The lowest BCUT2D eigenvalue weighted by molar-refractivity contribution is -0.117. The SMILES string of the molecule is N#CCc1ccc(NC(=O)CN2CCC[C@@H]2c2ccc3c(c2)OCCCO3)cc1. The zero-order valence-corrected chi connectivity index (χ0v) is 16.4. The van der Waals surface area contributed by atoms with Crippen molar-refractivity contribution in [3.63, 3.8) is 0 Å². The highest BCUT2D eigenvalue weighted by Gasteiger charge is 2.28. The van der Waals surface area contributed by atoms with Crippen molar-refractivity contribution >= 4 is 11.6 Å². The molecule has 2 aromatic carbocycles. The van der Waals surface area contributed by atoms with Gasteiger partial charge >= 0.3 is 0 Å². The lowest BCUT2D eigenvalue weighted by Gasteiger charge is -2.25. The number of nitrogens with zero attached hydrogens (tertiary/aromatic N) is 2. The molecule has 2 aliphatic rings. The predicted molar refractivity (Wildman–Crippen MR) is 110 cm³/mol. The molecule has 0 aromatic heterocycles. The molecule has 4 rings (SSSR count). The maximum absolute atomic E-state index is 12.6. The van der Waals surface area contributed by atoms with E-state index in [0.717, 1.165) is 48.6 Å². The minimum absolute atomic E-state index is 0.0284. The molecule has 0 aliphatic carbocycles. The van der Waals surface area contributed by atoms with Gasteiger partial charge in [-0.2, -0.15) is 5.26 Å². The number of hydrogen-bond donors (Lipinski definition) is 1. The van der Waals surface area contributed by atoms with Gasteiger partial charge in [-0.05, 0) is 54.8 Å². The summed E-state index contributed by atoms with van der Waals surface area (Å²) in [7, 11) is 0. The summed E-state index contributed by atoms with van der Waals surface area (Å²) in [6, 6.07) is 15.9. The van der Waals surface area contributed by atoms with Crippen LogP contribution in [-0.4, -0.2) is 37.1 Å². The quantitative estimate of drug-likeness (QED) is 0.841. The zero-order valence-electron chi connectivity index (χ0n) is 16.4. The van der Waals surface area contributed by atoms with Crippen molar-refractivity contribution in [2.45, 2.75) is 31.7 Å². The average molecular weight is 391 g/mol. The van der Waals surface area contributed by atoms with Crippen LogP contribution in [0.1, 0.15) is 36.4 Å². The number of nitrogens with one attached hydrogen (secondary N) is 1. The highest BCUT2D eigenvalue weighted by Crippen LogP contribution is 2.37. The maximum Gasteiger partial charge on any atom is 0.238 e. The average Bonchev–Trinajstić information content (AvgIpc) is 3.04. The molecule has 150 valence electrons. The first-order chi connectivity index (χ1) is 14.2. The molecular formula is C23H25N3O3. The molecule has 0 radical (unpaired) electrons. The molecule has 0 unspecified atom stereocenters. The van der Waals surface area contributed by atoms with E-state index in [1.54, 1.807) is 0 Å². The molecule has 2 heterocycles. The summed E-state index contributed by atoms with van der Waals surface area (Å²) < 4.78 is 11.6. The van der Waals surface area contributed by atoms with Gasteiger partial charge in [0.25, 0.3) is 0 Å². The van der Waals surface area contributed by atoms with Gasteiger partial charge in [-0.1, -0.05) is 18.2 Å². The van der Waals surface area contributed by atoms with Crippen LogP contribution >= 0.6 is 0 Å². The standard InChI is InChI=1S/C23H25N3O3/c24-11-10-17-4-7-19(8-5-17)25-23(27)16-26-12-1-3-20(26)18-6-9-21-22(15-18)29-14-2-13-28-21/h4-9,15,20H,1-3,10,12-14,16H2,(H,25,27)/t20-/m1/s1. The Labute approximate surface area is 171 Å². The summed E-state index contributed by atoms with van der Waals surface area (Å²) in [5, 5.41) is 11.7. The van der Waals surface area contributed by atoms with Crippen molar-refractivity contribution in [1.82, 2.24) is 4.90 Å². The van der Waals surface area contributed by atoms with Gasteiger partial charge in [0.1, 0.15) is 0 Å². The fourth-order valence-corrected chi connectivity index (χ4v) is 3.96. The Hall–Kier alpha value is -3.04. The van der Waals surface area contributed by atoms with E-state index in [1.165, 1.54) is 5.56 Å². The Bertz CT molecular complexity index is 905. The number of likely N-dealkylation sites (tertiary alicyclic amines) is 1. The lowest BCUT2D eigenvalue weighted by Crippen LogP contribution is -2.32. The number of hydrogen-bond acceptors (Lipinski definition) is 5. The molecule has 0 spiro atoms. The molecule has 1 atom stereocenters. The number of rotatable bonds is 5. The maximum atomic E-state index is 12.6. The second-order valence-electron chi connectivity index (χ2n) is 7.47. The van der Waals surface area contributed by atoms with E-state index in [9.17, 15) is 4.79 Å². The number of nitriles is 1. The van der Waals surface area contributed by atoms with Crippen LogP contribution in [0.3, 0.4) is 0 Å². The van der Waals surface area contributed by atoms with E-state index in [1.807, 2.05) is 30.3 Å². The van der Waals surface area contributed by atoms with E-state index in [2.05, 4.69) is 28.4 Å². The number of anilines is 1. The van der Waals surface area contributed by atoms with Crippen molar-refractivity contribution in [3.05, 3.63) is 53.6 Å². The monoisotopic (exact) mass is 391 g/mol. The zero-order chi connectivity index (χ0) is 20.1. The Morgan fingerprint density at radius 2 is 1.90 bits per heavy atom. The number of carbonyl (C=O) groups excluding carboxylic acids is 1. The molecule has 0 bridgehead atoms. The highest BCUT2D eigenvalue weighted by atomic mass is 16.5. The van der Waals surface area contributed by atoms with Crippen LogP contribution in [0.5, 0.6) is 11.5 Å². The molecule has 2 aromatic rings. The molecule has 1 saturated heterocycles. The van der Waals surface area contributed by atoms with Gasteiger partial charge < -0.3 is 14.8 Å². The number of fused-ring (bicyclic) bond motifs is 1. The van der Waals surface area contributed by atoms with Crippen LogP contribution in [0.25, 0.3) is 0 Å². The summed E-state index contributed by atoms with van der Waals surface area (Å²) in [6.07, 6.45) is 3.35. The van der Waals surface area contributed by atoms with Crippen molar-refractivity contribution in [2.24, 2.45) is 0 Å². The molecule has 2 aliphatic heterocycles. The summed E-state index contributed by atoms with van der Waals surface area (Å²) in [5.41, 5.74) is 2.86. The molecule has 6 nitrogen and oxygen atoms in total. The number of benzene rings is 2. The summed E-state index contributed by atoms with van der Waals surface area (Å²) in [6.45, 7) is 2.59. The van der Waals surface area contributed by atoms with Crippen LogP contribution in [0.2, 0.25) is 0 Å². The van der Waals surface area contributed by atoms with Gasteiger partial charge in [0.05, 0.1) is 32.2 Å². The fraction of sp³-hybridized carbons (Fsp3) is 0.391. The van der Waals surface area contributed by atoms with Crippen molar-refractivity contribution in [3.8, 4) is 17.6 Å². The topological polar surface area (TPSA) is 74.6 Å². The Morgan fingerprint density at radius 1 is 1.10 bits per heavy atom. The summed E-state index contributed by atoms with van der Waals surface area (Å²) >= 11 is 0. The van der Waals surface area contributed by atoms with E-state index in [0.29, 0.717) is 26.2 Å². The van der Waals surface area contributed by atoms with Crippen molar-refractivity contribution < 1.29 is 14.3 Å². The molecule has 1 N–H and O–H groups in total. The van der Waals surface area contributed by atoms with E-state index in [-0.39, 0.29) is 11.9 Å². The Morgan fingerprint density at radius 3 is 2.69 bits per heavy atom. The second kappa shape index (κ2) is 8.97. The van der Waals surface area contributed by atoms with Crippen molar-refractivity contribution in [2.75, 3.05) is 31.6 Å². The van der Waals surface area contributed by atoms with Crippen LogP contribution in [0.15, 0.2) is 42.5 Å². The largest absolute Gasteiger partial charge is 0.490 e. The molecule has 1 fully saturated rings. The number of amides is 1. The minimum atomic E-state index is -0.0284. The van der Waals surface area contributed by atoms with Gasteiger partial charge in [0, 0.05) is 18.2 Å². The van der Waals surface area contributed by atoms with Gasteiger partial charge in [0.2, 0.25) is 5.91 Å². The van der Waals surface area contributed by atoms with Crippen molar-refractivity contribution in [1.29, 1.82) is 5.26 Å². The highest BCUT2D eigenvalue weighted by molar-refractivity contribution is 5.92. The number of carbonyl (C=O) groups is 1. The summed E-state index contributed by atoms with van der Waals surface area (Å²) in [4.78, 5) is 14.8. The predicted octanol–water partition coefficient (Wildman–Crippen LogP) is 3.69. The van der Waals surface area contributed by atoms with Crippen LogP contribution in [0.4, 0.5) is 5.69 Å². The molecule has 29 heavy (non-hydrogen) atoms. The van der Waals surface area contributed by atoms with Crippen LogP contribution < -0.4 is 14.8 Å². The van der Waals surface area contributed by atoms with Crippen LogP contribution in [0, 0.1) is 11.3 Å².